The zero-order valence-corrected chi connectivity index (χ0v) is 11.2. The average Bonchev–Trinajstić information content (AvgIpc) is 2.36. The Labute approximate surface area is 115 Å². The molecule has 0 aromatic heterocycles. The number of hydrogen-bond acceptors (Lipinski definition) is 4. The molecule has 0 atom stereocenters. The average molecular weight is 291 g/mol. The third-order valence-corrected chi connectivity index (χ3v) is 2.46. The first-order valence-electron chi connectivity index (χ1n) is 5.91. The number of nitrogens with zero attached hydrogens (tertiary/aromatic N) is 1. The van der Waals surface area contributed by atoms with Crippen molar-refractivity contribution in [2.45, 2.75) is 13.1 Å². The molecular formula is C13H16F3NO3. The molecule has 0 radical (unpaired) electrons. The van der Waals surface area contributed by atoms with Crippen molar-refractivity contribution in [1.82, 2.24) is 0 Å². The van der Waals surface area contributed by atoms with Crippen LogP contribution in [0.5, 0.6) is 5.75 Å². The van der Waals surface area contributed by atoms with Gasteiger partial charge in [0.1, 0.15) is 18.9 Å². The predicted molar refractivity (Wildman–Crippen MR) is 67.9 cm³/mol. The second kappa shape index (κ2) is 7.02. The molecule has 0 aliphatic heterocycles. The molecule has 1 rings (SSSR count). The Kier molecular flexibility index (Phi) is 5.66. The summed E-state index contributed by atoms with van der Waals surface area (Å²) in [4.78, 5) is 11.8. The highest BCUT2D eigenvalue weighted by Crippen LogP contribution is 2.25. The number of esters is 1. The summed E-state index contributed by atoms with van der Waals surface area (Å²) in [6.07, 6.45) is -4.35. The van der Waals surface area contributed by atoms with E-state index in [0.717, 1.165) is 4.90 Å². The van der Waals surface area contributed by atoms with Gasteiger partial charge in [0.05, 0.1) is 13.7 Å². The number of anilines is 1. The fraction of sp³-hybridized carbons (Fsp3) is 0.462. The predicted octanol–water partition coefficient (Wildman–Crippen LogP) is 2.63. The minimum Gasteiger partial charge on any atom is -0.497 e. The highest BCUT2D eigenvalue weighted by molar-refractivity contribution is 5.65. The summed E-state index contributed by atoms with van der Waals surface area (Å²) in [7, 11) is 1.44. The van der Waals surface area contributed by atoms with Crippen molar-refractivity contribution in [2.75, 3.05) is 31.7 Å². The monoisotopic (exact) mass is 291 g/mol. The Morgan fingerprint density at radius 1 is 1.35 bits per heavy atom. The Morgan fingerprint density at radius 2 is 2.05 bits per heavy atom. The number of methoxy groups -OCH3 is 1. The summed E-state index contributed by atoms with van der Waals surface area (Å²) < 4.78 is 47.4. The molecule has 0 fully saturated rings. The van der Waals surface area contributed by atoms with Gasteiger partial charge in [0.25, 0.3) is 0 Å². The van der Waals surface area contributed by atoms with Gasteiger partial charge in [-0.1, -0.05) is 6.07 Å². The Morgan fingerprint density at radius 3 is 2.60 bits per heavy atom. The van der Waals surface area contributed by atoms with Crippen LogP contribution < -0.4 is 9.64 Å². The van der Waals surface area contributed by atoms with E-state index in [0.29, 0.717) is 11.4 Å². The number of hydrogen-bond donors (Lipinski definition) is 0. The topological polar surface area (TPSA) is 38.8 Å². The normalized spacial score (nSPS) is 11.1. The van der Waals surface area contributed by atoms with E-state index in [1.165, 1.54) is 20.1 Å². The van der Waals surface area contributed by atoms with Gasteiger partial charge in [0.15, 0.2) is 0 Å². The molecule has 0 aliphatic carbocycles. The van der Waals surface area contributed by atoms with Crippen molar-refractivity contribution >= 4 is 11.7 Å². The van der Waals surface area contributed by atoms with E-state index in [9.17, 15) is 18.0 Å². The van der Waals surface area contributed by atoms with Gasteiger partial charge in [-0.2, -0.15) is 13.2 Å². The van der Waals surface area contributed by atoms with E-state index in [1.807, 2.05) is 0 Å². The van der Waals surface area contributed by atoms with E-state index < -0.39 is 18.7 Å². The summed E-state index contributed by atoms with van der Waals surface area (Å²) in [5.41, 5.74) is 0.355. The van der Waals surface area contributed by atoms with Crippen LogP contribution in [0.15, 0.2) is 24.3 Å². The largest absolute Gasteiger partial charge is 0.497 e. The number of alkyl halides is 3. The molecule has 112 valence electrons. The van der Waals surface area contributed by atoms with Gasteiger partial charge in [-0.25, -0.2) is 0 Å². The first-order chi connectivity index (χ1) is 9.31. The molecule has 1 aromatic carbocycles. The zero-order valence-electron chi connectivity index (χ0n) is 11.2. The van der Waals surface area contributed by atoms with E-state index >= 15 is 0 Å². The standard InChI is InChI=1S/C13H16F3NO3/c1-10(18)20-7-6-17(9-13(14,15)16)11-4-3-5-12(8-11)19-2/h3-5,8H,6-7,9H2,1-2H3. The van der Waals surface area contributed by atoms with E-state index in [4.69, 9.17) is 4.74 Å². The van der Waals surface area contributed by atoms with Gasteiger partial charge >= 0.3 is 12.1 Å². The minimum atomic E-state index is -4.35. The molecule has 0 unspecified atom stereocenters. The number of carbonyl (C=O) groups is 1. The molecule has 0 N–H and O–H groups in total. The van der Waals surface area contributed by atoms with Crippen molar-refractivity contribution in [3.8, 4) is 5.75 Å². The molecular weight excluding hydrogens is 275 g/mol. The van der Waals surface area contributed by atoms with Gasteiger partial charge in [0, 0.05) is 18.7 Å². The summed E-state index contributed by atoms with van der Waals surface area (Å²) in [6, 6.07) is 6.28. The van der Waals surface area contributed by atoms with E-state index in [1.54, 1.807) is 18.2 Å². The fourth-order valence-electron chi connectivity index (χ4n) is 1.62. The van der Waals surface area contributed by atoms with Crippen molar-refractivity contribution in [1.29, 1.82) is 0 Å². The minimum absolute atomic E-state index is 0.0493. The molecule has 20 heavy (non-hydrogen) atoms. The molecule has 0 bridgehead atoms. The molecule has 1 aromatic rings. The summed E-state index contributed by atoms with van der Waals surface area (Å²) in [5, 5.41) is 0. The maximum absolute atomic E-state index is 12.6. The lowest BCUT2D eigenvalue weighted by Crippen LogP contribution is -2.36. The quantitative estimate of drug-likeness (QED) is 0.755. The Balaban J connectivity index is 2.82. The smallest absolute Gasteiger partial charge is 0.405 e. The highest BCUT2D eigenvalue weighted by atomic mass is 19.4. The van der Waals surface area contributed by atoms with Gasteiger partial charge < -0.3 is 14.4 Å². The second-order valence-corrected chi connectivity index (χ2v) is 4.08. The third kappa shape index (κ3) is 5.81. The number of ether oxygens (including phenoxy) is 2. The van der Waals surface area contributed by atoms with Crippen LogP contribution in [0.3, 0.4) is 0 Å². The van der Waals surface area contributed by atoms with Crippen LogP contribution in [0.1, 0.15) is 6.92 Å². The van der Waals surface area contributed by atoms with Crippen molar-refractivity contribution < 1.29 is 27.4 Å². The highest BCUT2D eigenvalue weighted by Gasteiger charge is 2.31. The van der Waals surface area contributed by atoms with Crippen molar-refractivity contribution in [3.63, 3.8) is 0 Å². The van der Waals surface area contributed by atoms with Gasteiger partial charge in [-0.15, -0.1) is 0 Å². The van der Waals surface area contributed by atoms with Crippen molar-refractivity contribution in [3.05, 3.63) is 24.3 Å². The van der Waals surface area contributed by atoms with Crippen LogP contribution in [0.2, 0.25) is 0 Å². The lowest BCUT2D eigenvalue weighted by atomic mass is 10.2. The van der Waals surface area contributed by atoms with E-state index in [2.05, 4.69) is 4.74 Å². The first kappa shape index (κ1) is 16.1. The van der Waals surface area contributed by atoms with Crippen LogP contribution in [-0.2, 0) is 9.53 Å². The lowest BCUT2D eigenvalue weighted by molar-refractivity contribution is -0.140. The van der Waals surface area contributed by atoms with Gasteiger partial charge in [0.2, 0.25) is 0 Å². The maximum Gasteiger partial charge on any atom is 0.405 e. The molecule has 0 saturated carbocycles. The molecule has 4 nitrogen and oxygen atoms in total. The van der Waals surface area contributed by atoms with Gasteiger partial charge in [-0.05, 0) is 12.1 Å². The van der Waals surface area contributed by atoms with Crippen LogP contribution in [-0.4, -0.2) is 39.0 Å². The van der Waals surface area contributed by atoms with Crippen LogP contribution in [0.25, 0.3) is 0 Å². The number of benzene rings is 1. The Bertz CT molecular complexity index is 449. The molecule has 0 heterocycles. The fourth-order valence-corrected chi connectivity index (χ4v) is 1.62. The van der Waals surface area contributed by atoms with Crippen molar-refractivity contribution in [2.24, 2.45) is 0 Å². The molecule has 0 aliphatic rings. The lowest BCUT2D eigenvalue weighted by Gasteiger charge is -2.26. The summed E-state index contributed by atoms with van der Waals surface area (Å²) >= 11 is 0. The summed E-state index contributed by atoms with van der Waals surface area (Å²) in [5.74, 6) is -0.0650. The summed E-state index contributed by atoms with van der Waals surface area (Å²) in [6.45, 7) is -0.0735. The molecule has 0 saturated heterocycles. The van der Waals surface area contributed by atoms with Crippen LogP contribution in [0, 0.1) is 0 Å². The third-order valence-electron chi connectivity index (χ3n) is 2.46. The second-order valence-electron chi connectivity index (χ2n) is 4.08. The number of rotatable bonds is 6. The van der Waals surface area contributed by atoms with Crippen LogP contribution >= 0.6 is 0 Å². The molecule has 7 heteroatoms. The van der Waals surface area contributed by atoms with E-state index in [-0.39, 0.29) is 13.2 Å². The Hall–Kier alpha value is -1.92. The molecule has 0 amide bonds. The van der Waals surface area contributed by atoms with Gasteiger partial charge in [-0.3, -0.25) is 4.79 Å². The molecule has 0 spiro atoms. The first-order valence-corrected chi connectivity index (χ1v) is 5.91. The number of carbonyl (C=O) groups excluding carboxylic acids is 1. The zero-order chi connectivity index (χ0) is 15.2. The SMILES string of the molecule is COc1cccc(N(CCOC(C)=O)CC(F)(F)F)c1. The number of halogens is 3. The van der Waals surface area contributed by atoms with Crippen LogP contribution in [0.4, 0.5) is 18.9 Å². The maximum atomic E-state index is 12.6.